The number of para-hydroxylation sites is 1. The molecule has 0 N–H and O–H groups in total. The van der Waals surface area contributed by atoms with Gasteiger partial charge in [-0.15, -0.1) is 0 Å². The van der Waals surface area contributed by atoms with Gasteiger partial charge in [-0.05, 0) is 57.3 Å². The molecule has 8 rings (SSSR count). The van der Waals surface area contributed by atoms with E-state index in [1.165, 1.54) is 66.1 Å². The van der Waals surface area contributed by atoms with Gasteiger partial charge in [0, 0.05) is 34.4 Å². The van der Waals surface area contributed by atoms with E-state index in [0.717, 1.165) is 12.1 Å². The quantitative estimate of drug-likeness (QED) is 0.240. The lowest BCUT2D eigenvalue weighted by Crippen LogP contribution is -2.15. The van der Waals surface area contributed by atoms with Gasteiger partial charge in [0.1, 0.15) is 0 Å². The first-order valence-corrected chi connectivity index (χ1v) is 12.4. The lowest BCUT2D eigenvalue weighted by Gasteiger charge is -2.23. The third kappa shape index (κ3) is 2.32. The summed E-state index contributed by atoms with van der Waals surface area (Å²) in [5, 5.41) is 5.34. The summed E-state index contributed by atoms with van der Waals surface area (Å²) in [7, 11) is 0. The molecule has 1 aromatic heterocycles. The van der Waals surface area contributed by atoms with Crippen LogP contribution in [0.5, 0.6) is 0 Å². The van der Waals surface area contributed by atoms with Gasteiger partial charge in [0.2, 0.25) is 0 Å². The predicted molar refractivity (Wildman–Crippen MR) is 148 cm³/mol. The van der Waals surface area contributed by atoms with Gasteiger partial charge in [0.25, 0.3) is 0 Å². The van der Waals surface area contributed by atoms with Gasteiger partial charge in [0.05, 0.1) is 22.4 Å². The molecule has 35 heavy (non-hydrogen) atoms. The molecule has 1 aliphatic carbocycles. The second kappa shape index (κ2) is 6.49. The molecule has 2 aliphatic rings. The topological polar surface area (TPSA) is 17.3 Å². The molecule has 0 bridgehead atoms. The van der Waals surface area contributed by atoms with Crippen LogP contribution in [0, 0.1) is 0 Å². The fourth-order valence-electron chi connectivity index (χ4n) is 6.73. The van der Waals surface area contributed by atoms with Crippen LogP contribution < -0.4 is 0 Å². The van der Waals surface area contributed by atoms with E-state index in [1.54, 1.807) is 0 Å². The molecule has 0 unspecified atom stereocenters. The number of benzene rings is 5. The molecule has 2 nitrogen and oxygen atoms in total. The van der Waals surface area contributed by atoms with Crippen molar-refractivity contribution in [3.63, 3.8) is 0 Å². The monoisotopic (exact) mass is 448 g/mol. The molecule has 0 amide bonds. The van der Waals surface area contributed by atoms with Crippen LogP contribution in [0.4, 0.5) is 5.69 Å². The fourth-order valence-corrected chi connectivity index (χ4v) is 6.73. The zero-order chi connectivity index (χ0) is 23.3. The Morgan fingerprint density at radius 3 is 2.49 bits per heavy atom. The maximum atomic E-state index is 4.63. The number of rotatable bonds is 1. The molecule has 0 saturated carbocycles. The van der Waals surface area contributed by atoms with Crippen LogP contribution in [0.1, 0.15) is 30.5 Å². The molecule has 1 aliphatic heterocycles. The minimum Gasteiger partial charge on any atom is -0.309 e. The van der Waals surface area contributed by atoms with E-state index in [0.29, 0.717) is 0 Å². The Hall–Kier alpha value is -4.17. The van der Waals surface area contributed by atoms with E-state index < -0.39 is 0 Å². The Labute approximate surface area is 204 Å². The molecule has 0 fully saturated rings. The summed E-state index contributed by atoms with van der Waals surface area (Å²) in [5.41, 5.74) is 11.7. The van der Waals surface area contributed by atoms with Crippen molar-refractivity contribution in [3.8, 4) is 16.8 Å². The lowest BCUT2D eigenvalue weighted by atomic mass is 9.80. The summed E-state index contributed by atoms with van der Waals surface area (Å²) in [6, 6.07) is 33.6. The Balaban J connectivity index is 1.55. The molecule has 0 saturated heterocycles. The van der Waals surface area contributed by atoms with Gasteiger partial charge < -0.3 is 4.57 Å². The average Bonchev–Trinajstić information content (AvgIpc) is 3.55. The van der Waals surface area contributed by atoms with Crippen molar-refractivity contribution in [1.29, 1.82) is 0 Å². The number of hydrogen-bond acceptors (Lipinski definition) is 1. The smallest absolute Gasteiger partial charge is 0.0682 e. The van der Waals surface area contributed by atoms with E-state index in [4.69, 9.17) is 0 Å². The third-order valence-corrected chi connectivity index (χ3v) is 8.23. The van der Waals surface area contributed by atoms with Gasteiger partial charge in [-0.1, -0.05) is 80.6 Å². The van der Waals surface area contributed by atoms with Gasteiger partial charge >= 0.3 is 0 Å². The van der Waals surface area contributed by atoms with E-state index >= 15 is 0 Å². The largest absolute Gasteiger partial charge is 0.309 e. The van der Waals surface area contributed by atoms with Crippen LogP contribution in [0.15, 0.2) is 96.0 Å². The standard InChI is InChI=1S/C33H24N2/c1-33(2)25-16-14-20-8-3-4-9-21(20)30(25)24-15-17-29-31(32(24)33)23-10-5-6-12-28(23)35(29)27-13-7-11-26-22(27)18-19-34-26/h3-17,19H,18H2,1-2H3. The van der Waals surface area contributed by atoms with Gasteiger partial charge in [-0.2, -0.15) is 0 Å². The van der Waals surface area contributed by atoms with Crippen molar-refractivity contribution in [2.45, 2.75) is 25.7 Å². The molecular formula is C33H24N2. The normalized spacial score (nSPS) is 15.1. The number of aromatic nitrogens is 1. The van der Waals surface area contributed by atoms with Gasteiger partial charge in [-0.25, -0.2) is 0 Å². The van der Waals surface area contributed by atoms with Crippen molar-refractivity contribution in [2.24, 2.45) is 4.99 Å². The fraction of sp³-hybridized carbons (Fsp3) is 0.121. The maximum absolute atomic E-state index is 4.63. The van der Waals surface area contributed by atoms with Gasteiger partial charge in [-0.3, -0.25) is 4.99 Å². The predicted octanol–water partition coefficient (Wildman–Crippen LogP) is 8.50. The van der Waals surface area contributed by atoms with Crippen molar-refractivity contribution in [1.82, 2.24) is 4.57 Å². The van der Waals surface area contributed by atoms with Crippen molar-refractivity contribution >= 4 is 44.5 Å². The van der Waals surface area contributed by atoms with E-state index in [1.807, 2.05) is 6.21 Å². The zero-order valence-corrected chi connectivity index (χ0v) is 19.8. The summed E-state index contributed by atoms with van der Waals surface area (Å²) in [6.45, 7) is 4.79. The molecule has 0 spiro atoms. The second-order valence-electron chi connectivity index (χ2n) is 10.4. The van der Waals surface area contributed by atoms with Crippen LogP contribution in [0.2, 0.25) is 0 Å². The Morgan fingerprint density at radius 1 is 0.743 bits per heavy atom. The summed E-state index contributed by atoms with van der Waals surface area (Å²) in [4.78, 5) is 4.63. The summed E-state index contributed by atoms with van der Waals surface area (Å²) < 4.78 is 2.47. The molecule has 166 valence electrons. The number of aliphatic imine (C=N–C) groups is 1. The van der Waals surface area contributed by atoms with Crippen molar-refractivity contribution in [3.05, 3.63) is 108 Å². The first-order chi connectivity index (χ1) is 17.1. The maximum Gasteiger partial charge on any atom is 0.0682 e. The molecular weight excluding hydrogens is 424 g/mol. The number of nitrogens with zero attached hydrogens (tertiary/aromatic N) is 2. The highest BCUT2D eigenvalue weighted by molar-refractivity contribution is 6.16. The molecule has 0 radical (unpaired) electrons. The minimum absolute atomic E-state index is 0.0924. The molecule has 2 heteroatoms. The Bertz CT molecular complexity index is 1900. The second-order valence-corrected chi connectivity index (χ2v) is 10.4. The van der Waals surface area contributed by atoms with Crippen LogP contribution in [-0.4, -0.2) is 10.8 Å². The highest BCUT2D eigenvalue weighted by Gasteiger charge is 2.39. The van der Waals surface area contributed by atoms with E-state index in [9.17, 15) is 0 Å². The SMILES string of the molecule is CC1(C)c2ccc3ccccc3c2-c2ccc3c(c21)c1ccccc1n3-c1cccc2c1CC=N2. The van der Waals surface area contributed by atoms with Crippen molar-refractivity contribution < 1.29 is 0 Å². The molecule has 6 aromatic rings. The van der Waals surface area contributed by atoms with Gasteiger partial charge in [0.15, 0.2) is 0 Å². The Morgan fingerprint density at radius 2 is 1.57 bits per heavy atom. The average molecular weight is 449 g/mol. The summed E-state index contributed by atoms with van der Waals surface area (Å²) >= 11 is 0. The van der Waals surface area contributed by atoms with E-state index in [2.05, 4.69) is 114 Å². The summed E-state index contributed by atoms with van der Waals surface area (Å²) in [6.07, 6.45) is 2.91. The molecule has 0 atom stereocenters. The van der Waals surface area contributed by atoms with Crippen LogP contribution in [-0.2, 0) is 11.8 Å². The molecule has 5 aromatic carbocycles. The minimum atomic E-state index is -0.0924. The van der Waals surface area contributed by atoms with E-state index in [-0.39, 0.29) is 5.41 Å². The first-order valence-electron chi connectivity index (χ1n) is 12.4. The third-order valence-electron chi connectivity index (χ3n) is 8.23. The Kier molecular flexibility index (Phi) is 3.55. The van der Waals surface area contributed by atoms with Crippen LogP contribution in [0.25, 0.3) is 49.4 Å². The van der Waals surface area contributed by atoms with Crippen LogP contribution in [0.3, 0.4) is 0 Å². The lowest BCUT2D eigenvalue weighted by molar-refractivity contribution is 0.667. The number of fused-ring (bicyclic) bond motifs is 10. The molecule has 2 heterocycles. The highest BCUT2D eigenvalue weighted by atomic mass is 15.0. The van der Waals surface area contributed by atoms with Crippen molar-refractivity contribution in [2.75, 3.05) is 0 Å². The highest BCUT2D eigenvalue weighted by Crippen LogP contribution is 2.55. The van der Waals surface area contributed by atoms with Crippen LogP contribution >= 0.6 is 0 Å². The number of hydrogen-bond donors (Lipinski definition) is 0. The zero-order valence-electron chi connectivity index (χ0n) is 19.8. The summed E-state index contributed by atoms with van der Waals surface area (Å²) in [5.74, 6) is 0. The first kappa shape index (κ1) is 19.2.